The van der Waals surface area contributed by atoms with E-state index in [2.05, 4.69) is 30.5 Å². The lowest BCUT2D eigenvalue weighted by atomic mass is 9.90. The zero-order chi connectivity index (χ0) is 17.6. The highest BCUT2D eigenvalue weighted by Gasteiger charge is 2.38. The molecule has 4 heterocycles. The molecule has 25 heavy (non-hydrogen) atoms. The van der Waals surface area contributed by atoms with E-state index in [9.17, 15) is 5.11 Å². The molecule has 0 aromatic carbocycles. The molecule has 3 aromatic rings. The monoisotopic (exact) mass is 342 g/mol. The summed E-state index contributed by atoms with van der Waals surface area (Å²) in [6.07, 6.45) is 3.36. The number of piperidine rings is 1. The van der Waals surface area contributed by atoms with E-state index < -0.39 is 5.60 Å². The minimum Gasteiger partial charge on any atom is -0.382 e. The molecule has 0 unspecified atom stereocenters. The highest BCUT2D eigenvalue weighted by Crippen LogP contribution is 2.32. The minimum absolute atomic E-state index is 0.213. The predicted molar refractivity (Wildman–Crippen MR) is 91.3 cm³/mol. The third-order valence-electron chi connectivity index (χ3n) is 4.72. The fourth-order valence-corrected chi connectivity index (χ4v) is 3.24. The van der Waals surface area contributed by atoms with E-state index in [0.717, 1.165) is 24.6 Å². The van der Waals surface area contributed by atoms with Gasteiger partial charge in [-0.25, -0.2) is 4.68 Å². The quantitative estimate of drug-likeness (QED) is 0.761. The SMILES string of the molecule is Cc1nnc2ccc(N3CCC[C@](O)(c4cn(C(C)C)nn4)C3)nn12. The van der Waals surface area contributed by atoms with Gasteiger partial charge in [0.25, 0.3) is 0 Å². The maximum Gasteiger partial charge on any atom is 0.178 e. The summed E-state index contributed by atoms with van der Waals surface area (Å²) < 4.78 is 3.50. The van der Waals surface area contributed by atoms with Crippen LogP contribution >= 0.6 is 0 Å². The third kappa shape index (κ3) is 2.74. The highest BCUT2D eigenvalue weighted by molar-refractivity contribution is 5.46. The summed E-state index contributed by atoms with van der Waals surface area (Å²) in [5, 5.41) is 32.2. The van der Waals surface area contributed by atoms with Crippen LogP contribution < -0.4 is 4.90 Å². The Bertz CT molecular complexity index is 901. The number of hydrogen-bond acceptors (Lipinski definition) is 7. The van der Waals surface area contributed by atoms with Gasteiger partial charge in [-0.2, -0.15) is 4.52 Å². The average Bonchev–Trinajstić information content (AvgIpc) is 3.23. The Morgan fingerprint density at radius 1 is 1.20 bits per heavy atom. The summed E-state index contributed by atoms with van der Waals surface area (Å²) in [5.74, 6) is 1.54. The summed E-state index contributed by atoms with van der Waals surface area (Å²) >= 11 is 0. The van der Waals surface area contributed by atoms with E-state index in [1.165, 1.54) is 0 Å². The molecule has 1 saturated heterocycles. The van der Waals surface area contributed by atoms with Crippen molar-refractivity contribution in [2.24, 2.45) is 0 Å². The minimum atomic E-state index is -1.02. The lowest BCUT2D eigenvalue weighted by Gasteiger charge is -2.38. The van der Waals surface area contributed by atoms with Crippen molar-refractivity contribution < 1.29 is 5.11 Å². The molecule has 9 nitrogen and oxygen atoms in total. The summed E-state index contributed by atoms with van der Waals surface area (Å²) in [5.41, 5.74) is 0.311. The molecule has 9 heteroatoms. The molecule has 1 atom stereocenters. The number of hydrogen-bond donors (Lipinski definition) is 1. The first kappa shape index (κ1) is 15.9. The normalized spacial score (nSPS) is 21.4. The van der Waals surface area contributed by atoms with Crippen LogP contribution in [-0.2, 0) is 5.60 Å². The van der Waals surface area contributed by atoms with Crippen molar-refractivity contribution in [2.75, 3.05) is 18.0 Å². The van der Waals surface area contributed by atoms with Gasteiger partial charge in [0.1, 0.15) is 17.1 Å². The fourth-order valence-electron chi connectivity index (χ4n) is 3.24. The van der Waals surface area contributed by atoms with Crippen molar-refractivity contribution in [3.8, 4) is 0 Å². The first-order valence-corrected chi connectivity index (χ1v) is 8.55. The zero-order valence-electron chi connectivity index (χ0n) is 14.7. The largest absolute Gasteiger partial charge is 0.382 e. The van der Waals surface area contributed by atoms with Crippen molar-refractivity contribution in [3.63, 3.8) is 0 Å². The number of rotatable bonds is 3. The molecule has 1 aliphatic rings. The Balaban J connectivity index is 1.63. The number of aromatic nitrogens is 7. The van der Waals surface area contributed by atoms with E-state index in [-0.39, 0.29) is 6.04 Å². The Morgan fingerprint density at radius 3 is 2.80 bits per heavy atom. The van der Waals surface area contributed by atoms with Crippen molar-refractivity contribution >= 4 is 11.5 Å². The highest BCUT2D eigenvalue weighted by atomic mass is 16.3. The zero-order valence-corrected chi connectivity index (χ0v) is 14.7. The van der Waals surface area contributed by atoms with Crippen LogP contribution in [0.2, 0.25) is 0 Å². The molecule has 1 aliphatic heterocycles. The van der Waals surface area contributed by atoms with Gasteiger partial charge in [-0.3, -0.25) is 0 Å². The molecule has 0 aliphatic carbocycles. The molecule has 1 N–H and O–H groups in total. The van der Waals surface area contributed by atoms with E-state index in [0.29, 0.717) is 24.3 Å². The Hall–Kier alpha value is -2.55. The molecule has 0 saturated carbocycles. The van der Waals surface area contributed by atoms with E-state index >= 15 is 0 Å². The second kappa shape index (κ2) is 5.76. The fraction of sp³-hybridized carbons (Fsp3) is 0.562. The maximum absolute atomic E-state index is 11.2. The Kier molecular flexibility index (Phi) is 3.68. The smallest absolute Gasteiger partial charge is 0.178 e. The summed E-state index contributed by atoms with van der Waals surface area (Å²) in [4.78, 5) is 2.08. The van der Waals surface area contributed by atoms with Gasteiger partial charge in [-0.05, 0) is 45.7 Å². The molecule has 132 valence electrons. The number of anilines is 1. The first-order chi connectivity index (χ1) is 12.0. The van der Waals surface area contributed by atoms with E-state index in [4.69, 9.17) is 0 Å². The predicted octanol–water partition coefficient (Wildman–Crippen LogP) is 1.09. The van der Waals surface area contributed by atoms with Crippen molar-refractivity contribution in [1.82, 2.24) is 34.8 Å². The summed E-state index contributed by atoms with van der Waals surface area (Å²) in [6.45, 7) is 7.21. The number of aryl methyl sites for hydroxylation is 1. The van der Waals surface area contributed by atoms with Crippen LogP contribution in [0.15, 0.2) is 18.3 Å². The van der Waals surface area contributed by atoms with Gasteiger partial charge in [0.05, 0.1) is 12.7 Å². The second-order valence-electron chi connectivity index (χ2n) is 6.94. The molecule has 0 amide bonds. The molecule has 0 spiro atoms. The van der Waals surface area contributed by atoms with Crippen LogP contribution in [0.1, 0.15) is 44.2 Å². The maximum atomic E-state index is 11.2. The van der Waals surface area contributed by atoms with E-state index in [1.54, 1.807) is 9.20 Å². The third-order valence-corrected chi connectivity index (χ3v) is 4.72. The number of nitrogens with zero attached hydrogens (tertiary/aromatic N) is 8. The molecule has 0 bridgehead atoms. The lowest BCUT2D eigenvalue weighted by molar-refractivity contribution is 0.0174. The molecule has 0 radical (unpaired) electrons. The van der Waals surface area contributed by atoms with Crippen LogP contribution in [0.3, 0.4) is 0 Å². The molecular formula is C16H22N8O. The molecule has 1 fully saturated rings. The van der Waals surface area contributed by atoms with Crippen molar-refractivity contribution in [3.05, 3.63) is 29.8 Å². The number of fused-ring (bicyclic) bond motifs is 1. The number of β-amino-alcohol motifs (C(OH)–C–C–N with tert-alkyl or cyclic N) is 1. The average molecular weight is 342 g/mol. The van der Waals surface area contributed by atoms with Crippen LogP contribution in [0.4, 0.5) is 5.82 Å². The van der Waals surface area contributed by atoms with Gasteiger partial charge in [0.15, 0.2) is 11.5 Å². The van der Waals surface area contributed by atoms with Gasteiger partial charge in [-0.1, -0.05) is 5.21 Å². The van der Waals surface area contributed by atoms with Crippen LogP contribution in [-0.4, -0.2) is 53.0 Å². The van der Waals surface area contributed by atoms with Crippen LogP contribution in [0.25, 0.3) is 5.65 Å². The topological polar surface area (TPSA) is 97.3 Å². The number of aliphatic hydroxyl groups is 1. The lowest BCUT2D eigenvalue weighted by Crippen LogP contribution is -2.47. The molecule has 3 aromatic heterocycles. The van der Waals surface area contributed by atoms with Crippen molar-refractivity contribution in [1.29, 1.82) is 0 Å². The van der Waals surface area contributed by atoms with Gasteiger partial charge in [0, 0.05) is 12.6 Å². The van der Waals surface area contributed by atoms with E-state index in [1.807, 2.05) is 39.1 Å². The second-order valence-corrected chi connectivity index (χ2v) is 6.94. The van der Waals surface area contributed by atoms with Crippen LogP contribution in [0.5, 0.6) is 0 Å². The molecular weight excluding hydrogens is 320 g/mol. The standard InChI is InChI=1S/C16H22N8O/c1-11(2)23-9-13(18-21-23)16(25)7-4-8-22(10-16)15-6-5-14-19-17-12(3)24(14)20-15/h5-6,9,11,25H,4,7-8,10H2,1-3H3/t16-/m1/s1. The van der Waals surface area contributed by atoms with Gasteiger partial charge < -0.3 is 10.0 Å². The van der Waals surface area contributed by atoms with Gasteiger partial charge in [-0.15, -0.1) is 20.4 Å². The van der Waals surface area contributed by atoms with Gasteiger partial charge in [0.2, 0.25) is 0 Å². The Labute approximate surface area is 145 Å². The first-order valence-electron chi connectivity index (χ1n) is 8.55. The van der Waals surface area contributed by atoms with Crippen molar-refractivity contribution in [2.45, 2.75) is 45.3 Å². The van der Waals surface area contributed by atoms with Gasteiger partial charge >= 0.3 is 0 Å². The van der Waals surface area contributed by atoms with Crippen LogP contribution in [0, 0.1) is 6.92 Å². The summed E-state index contributed by atoms with van der Waals surface area (Å²) in [7, 11) is 0. The Morgan fingerprint density at radius 2 is 2.04 bits per heavy atom. The molecule has 4 rings (SSSR count). The summed E-state index contributed by atoms with van der Waals surface area (Å²) in [6, 6.07) is 4.02.